The molecule has 2 aromatic heterocycles. The van der Waals surface area contributed by atoms with Gasteiger partial charge in [0.15, 0.2) is 17.4 Å². The molecule has 2 saturated heterocycles. The summed E-state index contributed by atoms with van der Waals surface area (Å²) in [5.41, 5.74) is 4.27. The number of fused-ring (bicyclic) bond motifs is 1. The van der Waals surface area contributed by atoms with Gasteiger partial charge in [0.2, 0.25) is 11.8 Å². The van der Waals surface area contributed by atoms with Crippen molar-refractivity contribution in [3.8, 4) is 5.88 Å². The molecule has 2 fully saturated rings. The van der Waals surface area contributed by atoms with Crippen LogP contribution in [0.2, 0.25) is 0 Å². The molecule has 3 amide bonds. The smallest absolute Gasteiger partial charge is 0.327 e. The fourth-order valence-electron chi connectivity index (χ4n) is 4.46. The minimum Gasteiger partial charge on any atom is -0.479 e. The van der Waals surface area contributed by atoms with Crippen molar-refractivity contribution in [3.63, 3.8) is 0 Å². The molecular weight excluding hydrogens is 611 g/mol. The molecule has 0 saturated carbocycles. The van der Waals surface area contributed by atoms with Crippen molar-refractivity contribution in [2.24, 2.45) is 0 Å². The Morgan fingerprint density at radius 2 is 2.05 bits per heavy atom. The molecule has 2 aliphatic rings. The third kappa shape index (κ3) is 6.72. The normalized spacial score (nSPS) is 27.9. The molecule has 0 bridgehead atoms. The minimum atomic E-state index is -4.05. The highest BCUT2D eigenvalue weighted by atomic mass is 32.7. The number of aliphatic hydroxyl groups is 2. The van der Waals surface area contributed by atoms with Gasteiger partial charge in [-0.05, 0) is 27.7 Å². The Bertz CT molecular complexity index is 1440. The monoisotopic (exact) mass is 646 g/mol. The number of hydrogen-bond acceptors (Lipinski definition) is 15. The average Bonchev–Trinajstić information content (AvgIpc) is 3.52. The van der Waals surface area contributed by atoms with Crippen LogP contribution in [0.25, 0.3) is 11.2 Å². The van der Waals surface area contributed by atoms with Gasteiger partial charge in [-0.25, -0.2) is 14.9 Å². The van der Waals surface area contributed by atoms with Gasteiger partial charge in [-0.3, -0.25) is 24.0 Å². The van der Waals surface area contributed by atoms with Gasteiger partial charge >= 0.3 is 18.7 Å². The summed E-state index contributed by atoms with van der Waals surface area (Å²) in [5.74, 6) is -1.46. The zero-order chi connectivity index (χ0) is 31.9. The molecule has 43 heavy (non-hydrogen) atoms. The van der Waals surface area contributed by atoms with Crippen molar-refractivity contribution >= 4 is 53.1 Å². The number of carbonyl (C=O) groups excluding carboxylic acids is 3. The van der Waals surface area contributed by atoms with Crippen LogP contribution in [0.15, 0.2) is 6.33 Å². The van der Waals surface area contributed by atoms with Crippen LogP contribution in [0.3, 0.4) is 0 Å². The molecule has 0 aliphatic carbocycles. The van der Waals surface area contributed by atoms with Crippen molar-refractivity contribution in [1.29, 1.82) is 0 Å². The van der Waals surface area contributed by atoms with E-state index in [0.29, 0.717) is 11.4 Å². The summed E-state index contributed by atoms with van der Waals surface area (Å²) >= 11 is 0.686. The Morgan fingerprint density at radius 1 is 1.35 bits per heavy atom. The predicted molar refractivity (Wildman–Crippen MR) is 152 cm³/mol. The minimum absolute atomic E-state index is 0.0942. The number of nitrogens with zero attached hydrogens (tertiary/aromatic N) is 5. The molecule has 3 unspecified atom stereocenters. The number of imidazole rings is 1. The van der Waals surface area contributed by atoms with Gasteiger partial charge in [0.1, 0.15) is 29.9 Å². The van der Waals surface area contributed by atoms with Crippen molar-refractivity contribution in [2.75, 3.05) is 32.3 Å². The number of amides is 3. The summed E-state index contributed by atoms with van der Waals surface area (Å²) in [6, 6.07) is -2.66. The van der Waals surface area contributed by atoms with E-state index in [1.54, 1.807) is 13.8 Å². The van der Waals surface area contributed by atoms with Gasteiger partial charge in [0.05, 0.1) is 26.1 Å². The number of rotatable bonds is 12. The number of ether oxygens (including phenoxy) is 3. The topological polar surface area (TPSA) is 243 Å². The van der Waals surface area contributed by atoms with Gasteiger partial charge in [0.25, 0.3) is 5.91 Å². The summed E-state index contributed by atoms with van der Waals surface area (Å²) in [6.07, 6.45) is -3.16. The van der Waals surface area contributed by atoms with Crippen LogP contribution in [-0.2, 0) is 28.2 Å². The molecule has 0 spiro atoms. The number of aromatic nitrogens is 4. The highest BCUT2D eigenvalue weighted by molar-refractivity contribution is 8.56. The Hall–Kier alpha value is -3.06. The zero-order valence-corrected chi connectivity index (χ0v) is 26.0. The molecule has 18 nitrogen and oxygen atoms in total. The van der Waals surface area contributed by atoms with E-state index in [1.165, 1.54) is 38.9 Å². The lowest BCUT2D eigenvalue weighted by Crippen LogP contribution is -2.44. The molecule has 2 aromatic rings. The lowest BCUT2D eigenvalue weighted by Gasteiger charge is -2.27. The number of likely N-dealkylation sites (N-methyl/N-ethyl adjacent to an activating group) is 1. The first-order valence-electron chi connectivity index (χ1n) is 13.1. The standard InChI is InChI=1S/C23H35N8O10PS/c1-10(2)40-19(34)11(3)29-42(37,43-8-12-17(33)27-22(35)30(12)5)39-7-13-15(32)23(4,36)20(41-13)31-9-25-14-16(31)26-21(24)28-18(14)38-6/h9-13,15,20,32,36H,7-8H2,1-6H3,(H,29,37)(H2,24,26,28)(H,27,33,35)/t11-,12?,13?,15-,20-,23-,42?/m1/s1. The van der Waals surface area contributed by atoms with E-state index < -0.39 is 73.5 Å². The molecule has 0 radical (unpaired) electrons. The first-order valence-corrected chi connectivity index (χ1v) is 16.3. The van der Waals surface area contributed by atoms with E-state index in [9.17, 15) is 29.2 Å². The Kier molecular flexibility index (Phi) is 9.55. The van der Waals surface area contributed by atoms with Gasteiger partial charge in [-0.1, -0.05) is 11.4 Å². The van der Waals surface area contributed by atoms with Crippen LogP contribution in [0.4, 0.5) is 10.7 Å². The number of nitrogen functional groups attached to an aromatic ring is 1. The quantitative estimate of drug-likeness (QED) is 0.114. The highest BCUT2D eigenvalue weighted by Crippen LogP contribution is 2.57. The number of aliphatic hydroxyl groups excluding tert-OH is 1. The molecule has 4 heterocycles. The van der Waals surface area contributed by atoms with Crippen molar-refractivity contribution in [1.82, 2.24) is 34.8 Å². The summed E-state index contributed by atoms with van der Waals surface area (Å²) in [6.45, 7) is 1.49. The maximum absolute atomic E-state index is 14.0. The van der Waals surface area contributed by atoms with E-state index in [-0.39, 0.29) is 28.7 Å². The fraction of sp³-hybridized carbons (Fsp3) is 0.652. The predicted octanol–water partition coefficient (Wildman–Crippen LogP) is -0.236. The molecule has 7 atom stereocenters. The molecular formula is C23H35N8O10PS. The first kappa shape index (κ1) is 32.8. The van der Waals surface area contributed by atoms with E-state index in [4.69, 9.17) is 24.5 Å². The second-order valence-electron chi connectivity index (χ2n) is 10.5. The zero-order valence-electron chi connectivity index (χ0n) is 24.3. The first-order chi connectivity index (χ1) is 20.1. The van der Waals surface area contributed by atoms with Gasteiger partial charge in [-0.2, -0.15) is 9.97 Å². The number of carbonyl (C=O) groups is 3. The van der Waals surface area contributed by atoms with E-state index in [2.05, 4.69) is 25.4 Å². The van der Waals surface area contributed by atoms with Crippen molar-refractivity contribution < 1.29 is 47.9 Å². The highest BCUT2D eigenvalue weighted by Gasteiger charge is 2.54. The maximum Gasteiger partial charge on any atom is 0.327 e. The molecule has 238 valence electrons. The van der Waals surface area contributed by atoms with Crippen LogP contribution in [-0.4, -0.2) is 115 Å². The van der Waals surface area contributed by atoms with Crippen molar-refractivity contribution in [2.45, 2.75) is 69.9 Å². The van der Waals surface area contributed by atoms with E-state index >= 15 is 0 Å². The van der Waals surface area contributed by atoms with Gasteiger partial charge in [-0.15, -0.1) is 0 Å². The molecule has 6 N–H and O–H groups in total. The summed E-state index contributed by atoms with van der Waals surface area (Å²) in [4.78, 5) is 50.1. The lowest BCUT2D eigenvalue weighted by atomic mass is 9.96. The van der Waals surface area contributed by atoms with Crippen LogP contribution in [0.5, 0.6) is 5.88 Å². The molecule has 20 heteroatoms. The Labute approximate surface area is 250 Å². The Morgan fingerprint density at radius 3 is 2.65 bits per heavy atom. The SMILES string of the molecule is COc1nc(N)nc2c1ncn2[C@@H]1OC(COP(=O)(N[C@H](C)C(=O)OC(C)C)SCC2C(=O)NC(=O)N2C)[C@@H](O)[C@@]1(C)O. The van der Waals surface area contributed by atoms with Gasteiger partial charge in [0, 0.05) is 12.8 Å². The fourth-order valence-corrected chi connectivity index (χ4v) is 8.43. The third-order valence-corrected chi connectivity index (χ3v) is 10.9. The number of imide groups is 1. The number of urea groups is 1. The van der Waals surface area contributed by atoms with Crippen LogP contribution in [0.1, 0.15) is 33.9 Å². The molecule has 0 aromatic carbocycles. The van der Waals surface area contributed by atoms with E-state index in [1.807, 2.05) is 0 Å². The number of esters is 1. The third-order valence-electron chi connectivity index (χ3n) is 6.80. The van der Waals surface area contributed by atoms with Crippen molar-refractivity contribution in [3.05, 3.63) is 6.33 Å². The maximum atomic E-state index is 14.0. The van der Waals surface area contributed by atoms with Crippen LogP contribution < -0.4 is 20.9 Å². The lowest BCUT2D eigenvalue weighted by molar-refractivity contribution is -0.149. The molecule has 4 rings (SSSR count). The van der Waals surface area contributed by atoms with Gasteiger partial charge < -0.3 is 39.6 Å². The Balaban J connectivity index is 1.54. The van der Waals surface area contributed by atoms with Crippen LogP contribution >= 0.6 is 18.1 Å². The molecule has 2 aliphatic heterocycles. The summed E-state index contributed by atoms with van der Waals surface area (Å²) in [5, 5.41) is 27.1. The number of hydrogen-bond donors (Lipinski definition) is 5. The summed E-state index contributed by atoms with van der Waals surface area (Å²) in [7, 11) is 2.79. The second kappa shape index (κ2) is 12.5. The van der Waals surface area contributed by atoms with E-state index in [0.717, 1.165) is 4.90 Å². The number of nitrogens with two attached hydrogens (primary N) is 1. The number of nitrogens with one attached hydrogen (secondary N) is 2. The number of anilines is 1. The largest absolute Gasteiger partial charge is 0.479 e. The second-order valence-corrected chi connectivity index (χ2v) is 14.8. The summed E-state index contributed by atoms with van der Waals surface area (Å²) < 4.78 is 37.5. The average molecular weight is 647 g/mol. The number of methoxy groups -OCH3 is 1. The van der Waals surface area contributed by atoms with Crippen LogP contribution in [0, 0.1) is 0 Å².